The molecule has 1 atom stereocenters. The molecule has 2 rings (SSSR count). The molecule has 2 heterocycles. The number of nitrogens with one attached hydrogen (secondary N) is 2. The van der Waals surface area contributed by atoms with E-state index in [4.69, 9.17) is 0 Å². The zero-order chi connectivity index (χ0) is 17.7. The summed E-state index contributed by atoms with van der Waals surface area (Å²) in [6.07, 6.45) is 0.713. The summed E-state index contributed by atoms with van der Waals surface area (Å²) in [5.74, 6) is -0.462. The fourth-order valence-corrected chi connectivity index (χ4v) is 5.88. The van der Waals surface area contributed by atoms with Crippen LogP contribution in [0.2, 0.25) is 0 Å². The molecule has 0 aliphatic rings. The van der Waals surface area contributed by atoms with E-state index in [1.165, 1.54) is 6.07 Å². The van der Waals surface area contributed by atoms with Crippen LogP contribution in [0.25, 0.3) is 0 Å². The van der Waals surface area contributed by atoms with Gasteiger partial charge in [-0.1, -0.05) is 19.9 Å². The van der Waals surface area contributed by atoms with Gasteiger partial charge >= 0.3 is 0 Å². The Hall–Kier alpha value is -0.740. The number of rotatable bonds is 8. The van der Waals surface area contributed by atoms with E-state index in [1.54, 1.807) is 22.8 Å². The third-order valence-corrected chi connectivity index (χ3v) is 7.81. The number of carbonyl (C=O) groups is 1. The van der Waals surface area contributed by atoms with E-state index < -0.39 is 16.1 Å². The largest absolute Gasteiger partial charge is 0.354 e. The normalized spacial score (nSPS) is 13.2. The van der Waals surface area contributed by atoms with Crippen molar-refractivity contribution in [3.63, 3.8) is 0 Å². The molecule has 0 aromatic carbocycles. The summed E-state index contributed by atoms with van der Waals surface area (Å²) in [4.78, 5) is 13.5. The highest BCUT2D eigenvalue weighted by Crippen LogP contribution is 2.22. The number of halogens is 1. The lowest BCUT2D eigenvalue weighted by atomic mass is 10.1. The Morgan fingerprint density at radius 1 is 1.29 bits per heavy atom. The molecule has 1 amide bonds. The molecule has 24 heavy (non-hydrogen) atoms. The van der Waals surface area contributed by atoms with E-state index in [-0.39, 0.29) is 16.0 Å². The molecule has 9 heteroatoms. The van der Waals surface area contributed by atoms with Crippen LogP contribution in [0.4, 0.5) is 0 Å². The minimum absolute atomic E-state index is 0.157. The van der Waals surface area contributed by atoms with Gasteiger partial charge in [0.2, 0.25) is 5.91 Å². The van der Waals surface area contributed by atoms with Gasteiger partial charge in [-0.05, 0) is 51.8 Å². The van der Waals surface area contributed by atoms with E-state index >= 15 is 0 Å². The predicted molar refractivity (Wildman–Crippen MR) is 102 cm³/mol. The zero-order valence-corrected chi connectivity index (χ0v) is 17.3. The zero-order valence-electron chi connectivity index (χ0n) is 13.3. The Morgan fingerprint density at radius 3 is 2.58 bits per heavy atom. The van der Waals surface area contributed by atoms with Gasteiger partial charge in [0.05, 0.1) is 3.79 Å². The Labute approximate surface area is 158 Å². The van der Waals surface area contributed by atoms with Crippen LogP contribution in [0.15, 0.2) is 37.6 Å². The van der Waals surface area contributed by atoms with Gasteiger partial charge in [-0.3, -0.25) is 4.79 Å². The molecule has 0 fully saturated rings. The first-order valence-corrected chi connectivity index (χ1v) is 11.3. The summed E-state index contributed by atoms with van der Waals surface area (Å²) in [6.45, 7) is 4.10. The fourth-order valence-electron chi connectivity index (χ4n) is 2.04. The second-order valence-corrected chi connectivity index (χ2v) is 11.0. The van der Waals surface area contributed by atoms with E-state index in [0.29, 0.717) is 13.0 Å². The number of thiophene rings is 2. The van der Waals surface area contributed by atoms with Crippen LogP contribution in [-0.4, -0.2) is 26.9 Å². The maximum atomic E-state index is 12.4. The summed E-state index contributed by atoms with van der Waals surface area (Å²) in [5.41, 5.74) is 0. The monoisotopic (exact) mass is 450 g/mol. The molecule has 132 valence electrons. The van der Waals surface area contributed by atoms with Crippen LogP contribution in [0.3, 0.4) is 0 Å². The lowest BCUT2D eigenvalue weighted by Gasteiger charge is -2.21. The van der Waals surface area contributed by atoms with Gasteiger partial charge in [0.25, 0.3) is 10.0 Å². The molecule has 0 saturated heterocycles. The van der Waals surface area contributed by atoms with Crippen molar-refractivity contribution < 1.29 is 13.2 Å². The molecule has 0 aliphatic heterocycles. The average molecular weight is 451 g/mol. The molecule has 2 aromatic heterocycles. The van der Waals surface area contributed by atoms with Crippen molar-refractivity contribution in [3.8, 4) is 0 Å². The maximum Gasteiger partial charge on any atom is 0.250 e. The quantitative estimate of drug-likeness (QED) is 0.647. The first-order valence-electron chi connectivity index (χ1n) is 7.37. The third-order valence-electron chi connectivity index (χ3n) is 3.29. The topological polar surface area (TPSA) is 75.3 Å². The Morgan fingerprint density at radius 2 is 2.04 bits per heavy atom. The maximum absolute atomic E-state index is 12.4. The van der Waals surface area contributed by atoms with Gasteiger partial charge in [0.15, 0.2) is 0 Å². The SMILES string of the molecule is CC(C)[C@H](NS(=O)(=O)c1cccs1)C(=O)NCCc1ccc(Br)s1. The van der Waals surface area contributed by atoms with Crippen molar-refractivity contribution in [2.75, 3.05) is 6.54 Å². The predicted octanol–water partition coefficient (Wildman–Crippen LogP) is 3.23. The van der Waals surface area contributed by atoms with E-state index in [1.807, 2.05) is 26.0 Å². The van der Waals surface area contributed by atoms with Crippen LogP contribution in [-0.2, 0) is 21.2 Å². The van der Waals surface area contributed by atoms with Gasteiger partial charge in [0.1, 0.15) is 10.3 Å². The number of hydrogen-bond donors (Lipinski definition) is 2. The van der Waals surface area contributed by atoms with Crippen molar-refractivity contribution in [2.24, 2.45) is 5.92 Å². The van der Waals surface area contributed by atoms with Crippen LogP contribution < -0.4 is 10.0 Å². The van der Waals surface area contributed by atoms with E-state index in [0.717, 1.165) is 20.0 Å². The van der Waals surface area contributed by atoms with Crippen LogP contribution in [0.1, 0.15) is 18.7 Å². The van der Waals surface area contributed by atoms with Crippen molar-refractivity contribution in [2.45, 2.75) is 30.5 Å². The summed E-state index contributed by atoms with van der Waals surface area (Å²) in [7, 11) is -3.68. The molecule has 0 unspecified atom stereocenters. The molecule has 0 saturated carbocycles. The number of carbonyl (C=O) groups excluding carboxylic acids is 1. The third kappa shape index (κ3) is 5.38. The molecule has 0 bridgehead atoms. The summed E-state index contributed by atoms with van der Waals surface area (Å²) >= 11 is 6.15. The molecule has 2 aromatic rings. The summed E-state index contributed by atoms with van der Waals surface area (Å²) in [6, 6.07) is 6.36. The highest BCUT2D eigenvalue weighted by molar-refractivity contribution is 9.11. The van der Waals surface area contributed by atoms with Crippen molar-refractivity contribution in [3.05, 3.63) is 38.3 Å². The molecule has 0 radical (unpaired) electrons. The van der Waals surface area contributed by atoms with Crippen LogP contribution >= 0.6 is 38.6 Å². The minimum atomic E-state index is -3.68. The standard InChI is InChI=1S/C15H19BrN2O3S3/c1-10(2)14(18-24(20,21)13-4-3-9-22-13)15(19)17-8-7-11-5-6-12(16)23-11/h3-6,9-10,14,18H,7-8H2,1-2H3,(H,17,19)/t14-/m0/s1. The first kappa shape index (κ1) is 19.6. The molecular weight excluding hydrogens is 432 g/mol. The number of sulfonamides is 1. The Kier molecular flexibility index (Phi) is 6.99. The lowest BCUT2D eigenvalue weighted by molar-refractivity contribution is -0.123. The van der Waals surface area contributed by atoms with Gasteiger partial charge in [0, 0.05) is 11.4 Å². The Balaban J connectivity index is 1.95. The van der Waals surface area contributed by atoms with Crippen molar-refractivity contribution >= 4 is 54.5 Å². The summed E-state index contributed by atoms with van der Waals surface area (Å²) < 4.78 is 28.4. The fraction of sp³-hybridized carbons (Fsp3) is 0.400. The molecular formula is C15H19BrN2O3S3. The van der Waals surface area contributed by atoms with Crippen LogP contribution in [0, 0.1) is 5.92 Å². The number of amides is 1. The van der Waals surface area contributed by atoms with Crippen molar-refractivity contribution in [1.82, 2.24) is 10.0 Å². The van der Waals surface area contributed by atoms with Gasteiger partial charge in [-0.15, -0.1) is 22.7 Å². The molecule has 0 aliphatic carbocycles. The molecule has 2 N–H and O–H groups in total. The average Bonchev–Trinajstić information content (AvgIpc) is 3.16. The van der Waals surface area contributed by atoms with E-state index in [2.05, 4.69) is 26.0 Å². The highest BCUT2D eigenvalue weighted by atomic mass is 79.9. The Bertz CT molecular complexity index is 770. The van der Waals surface area contributed by atoms with Gasteiger partial charge < -0.3 is 5.32 Å². The first-order chi connectivity index (χ1) is 11.3. The smallest absolute Gasteiger partial charge is 0.250 e. The number of hydrogen-bond acceptors (Lipinski definition) is 5. The van der Waals surface area contributed by atoms with Gasteiger partial charge in [-0.2, -0.15) is 4.72 Å². The highest BCUT2D eigenvalue weighted by Gasteiger charge is 2.28. The van der Waals surface area contributed by atoms with Crippen LogP contribution in [0.5, 0.6) is 0 Å². The van der Waals surface area contributed by atoms with Gasteiger partial charge in [-0.25, -0.2) is 8.42 Å². The van der Waals surface area contributed by atoms with Crippen molar-refractivity contribution in [1.29, 1.82) is 0 Å². The second-order valence-electron chi connectivity index (χ2n) is 5.52. The minimum Gasteiger partial charge on any atom is -0.354 e. The molecule has 5 nitrogen and oxygen atoms in total. The summed E-state index contributed by atoms with van der Waals surface area (Å²) in [5, 5.41) is 4.51. The molecule has 0 spiro atoms. The second kappa shape index (κ2) is 8.57. The lowest BCUT2D eigenvalue weighted by Crippen LogP contribution is -2.49. The van der Waals surface area contributed by atoms with E-state index in [9.17, 15) is 13.2 Å².